The van der Waals surface area contributed by atoms with Gasteiger partial charge in [-0.1, -0.05) is 20.8 Å². The highest BCUT2D eigenvalue weighted by molar-refractivity contribution is 7.11. The van der Waals surface area contributed by atoms with E-state index >= 15 is 0 Å². The number of rotatable bonds is 4. The van der Waals surface area contributed by atoms with Crippen LogP contribution < -0.4 is 5.32 Å². The molecule has 1 aromatic heterocycles. The van der Waals surface area contributed by atoms with Gasteiger partial charge < -0.3 is 5.32 Å². The number of nitrogens with zero attached hydrogens (tertiary/aromatic N) is 1. The van der Waals surface area contributed by atoms with Crippen molar-refractivity contribution in [3.8, 4) is 0 Å². The molecule has 1 aromatic rings. The van der Waals surface area contributed by atoms with E-state index in [1.54, 1.807) is 24.5 Å². The zero-order chi connectivity index (χ0) is 14.0. The lowest BCUT2D eigenvalue weighted by Gasteiger charge is -2.15. The normalized spacial score (nSPS) is 14.8. The van der Waals surface area contributed by atoms with Gasteiger partial charge in [0.25, 0.3) is 0 Å². The van der Waals surface area contributed by atoms with Gasteiger partial charge in [0.1, 0.15) is 0 Å². The highest BCUT2D eigenvalue weighted by atomic mass is 32.1. The van der Waals surface area contributed by atoms with E-state index in [0.29, 0.717) is 6.54 Å². The number of hydrogen-bond acceptors (Lipinski definition) is 3. The third kappa shape index (κ3) is 5.35. The minimum Gasteiger partial charge on any atom is -0.309 e. The maximum absolute atomic E-state index is 12.1. The van der Waals surface area contributed by atoms with E-state index in [2.05, 4.69) is 31.1 Å². The minimum absolute atomic E-state index is 0.0134. The minimum atomic E-state index is -4.11. The van der Waals surface area contributed by atoms with Crippen LogP contribution in [0.2, 0.25) is 0 Å². The molecule has 0 aliphatic rings. The monoisotopic (exact) mass is 280 g/mol. The predicted octanol–water partition coefficient (Wildman–Crippen LogP) is 3.87. The van der Waals surface area contributed by atoms with E-state index in [-0.39, 0.29) is 5.41 Å². The summed E-state index contributed by atoms with van der Waals surface area (Å²) < 4.78 is 36.4. The van der Waals surface area contributed by atoms with Crippen molar-refractivity contribution in [2.24, 2.45) is 0 Å². The molecule has 104 valence electrons. The third-order valence-corrected chi connectivity index (χ3v) is 3.78. The van der Waals surface area contributed by atoms with Crippen molar-refractivity contribution in [2.75, 3.05) is 0 Å². The molecule has 0 saturated heterocycles. The summed E-state index contributed by atoms with van der Waals surface area (Å²) in [7, 11) is 0. The zero-order valence-corrected chi connectivity index (χ0v) is 11.9. The van der Waals surface area contributed by atoms with Gasteiger partial charge in [0, 0.05) is 29.1 Å². The van der Waals surface area contributed by atoms with Gasteiger partial charge in [-0.3, -0.25) is 0 Å². The molecule has 0 radical (unpaired) electrons. The van der Waals surface area contributed by atoms with Gasteiger partial charge in [0.15, 0.2) is 0 Å². The van der Waals surface area contributed by atoms with E-state index in [1.807, 2.05) is 0 Å². The molecule has 0 aromatic carbocycles. The highest BCUT2D eigenvalue weighted by Gasteiger charge is 2.29. The van der Waals surface area contributed by atoms with Crippen molar-refractivity contribution < 1.29 is 13.2 Å². The first kappa shape index (κ1) is 15.4. The molecule has 1 heterocycles. The number of thiazole rings is 1. The second-order valence-corrected chi connectivity index (χ2v) is 6.60. The third-order valence-electron chi connectivity index (χ3n) is 2.36. The van der Waals surface area contributed by atoms with Crippen LogP contribution in [0.4, 0.5) is 13.2 Å². The molecule has 6 heteroatoms. The molecule has 1 N–H and O–H groups in total. The summed E-state index contributed by atoms with van der Waals surface area (Å²) in [4.78, 5) is 5.26. The molecule has 0 amide bonds. The van der Waals surface area contributed by atoms with Gasteiger partial charge in [0.2, 0.25) is 0 Å². The topological polar surface area (TPSA) is 24.9 Å². The van der Waals surface area contributed by atoms with Crippen molar-refractivity contribution >= 4 is 11.3 Å². The number of nitrogens with one attached hydrogen (secondary N) is 1. The summed E-state index contributed by atoms with van der Waals surface area (Å²) in [6.07, 6.45) is -3.19. The molecule has 1 atom stereocenters. The smallest absolute Gasteiger partial charge is 0.309 e. The van der Waals surface area contributed by atoms with Crippen molar-refractivity contribution in [2.45, 2.75) is 58.3 Å². The van der Waals surface area contributed by atoms with Crippen LogP contribution in [0, 0.1) is 0 Å². The Bertz CT molecular complexity index is 379. The second kappa shape index (κ2) is 5.57. The van der Waals surface area contributed by atoms with E-state index in [0.717, 1.165) is 9.88 Å². The number of halogens is 3. The lowest BCUT2D eigenvalue weighted by Crippen LogP contribution is -2.30. The molecule has 0 bridgehead atoms. The Labute approximate surface area is 110 Å². The number of alkyl halides is 3. The molecule has 18 heavy (non-hydrogen) atoms. The van der Waals surface area contributed by atoms with Gasteiger partial charge in [-0.05, 0) is 6.92 Å². The molecule has 1 rings (SSSR count). The second-order valence-electron chi connectivity index (χ2n) is 5.48. The Morgan fingerprint density at radius 2 is 1.94 bits per heavy atom. The summed E-state index contributed by atoms with van der Waals surface area (Å²) >= 11 is 1.54. The Morgan fingerprint density at radius 1 is 1.33 bits per heavy atom. The van der Waals surface area contributed by atoms with Crippen LogP contribution >= 0.6 is 11.3 Å². The van der Waals surface area contributed by atoms with Crippen LogP contribution in [0.15, 0.2) is 6.20 Å². The molecule has 0 fully saturated rings. The van der Waals surface area contributed by atoms with Gasteiger partial charge in [-0.15, -0.1) is 11.3 Å². The maximum Gasteiger partial charge on any atom is 0.390 e. The van der Waals surface area contributed by atoms with Crippen LogP contribution in [-0.4, -0.2) is 17.2 Å². The number of aromatic nitrogens is 1. The van der Waals surface area contributed by atoms with Crippen LogP contribution in [0.3, 0.4) is 0 Å². The van der Waals surface area contributed by atoms with E-state index in [1.165, 1.54) is 0 Å². The Hall–Kier alpha value is -0.620. The van der Waals surface area contributed by atoms with Gasteiger partial charge in [-0.2, -0.15) is 13.2 Å². The summed E-state index contributed by atoms with van der Waals surface area (Å²) in [6, 6.07) is -0.579. The van der Waals surface area contributed by atoms with E-state index < -0.39 is 18.6 Å². The van der Waals surface area contributed by atoms with E-state index in [9.17, 15) is 13.2 Å². The Kier molecular flexibility index (Phi) is 4.78. The Morgan fingerprint density at radius 3 is 2.39 bits per heavy atom. The van der Waals surface area contributed by atoms with Gasteiger partial charge in [-0.25, -0.2) is 4.98 Å². The zero-order valence-electron chi connectivity index (χ0n) is 11.1. The maximum atomic E-state index is 12.1. The lowest BCUT2D eigenvalue weighted by molar-refractivity contribution is -0.139. The fourth-order valence-corrected chi connectivity index (χ4v) is 2.35. The van der Waals surface area contributed by atoms with Gasteiger partial charge >= 0.3 is 6.18 Å². The molecule has 1 unspecified atom stereocenters. The number of hydrogen-bond donors (Lipinski definition) is 1. The highest BCUT2D eigenvalue weighted by Crippen LogP contribution is 2.27. The average Bonchev–Trinajstić information content (AvgIpc) is 2.59. The summed E-state index contributed by atoms with van der Waals surface area (Å²) in [5, 5.41) is 3.87. The molecular weight excluding hydrogens is 261 g/mol. The van der Waals surface area contributed by atoms with Crippen LogP contribution in [0.5, 0.6) is 0 Å². The molecular formula is C12H19F3N2S. The van der Waals surface area contributed by atoms with Crippen LogP contribution in [0.25, 0.3) is 0 Å². The summed E-state index contributed by atoms with van der Waals surface area (Å²) in [5.41, 5.74) is -0.0134. The van der Waals surface area contributed by atoms with Crippen molar-refractivity contribution in [1.29, 1.82) is 0 Å². The SMILES string of the molecule is CC(CC(F)(F)F)NCc1cnc(C(C)(C)C)s1. The largest absolute Gasteiger partial charge is 0.390 e. The Balaban J connectivity index is 2.47. The average molecular weight is 280 g/mol. The molecule has 2 nitrogen and oxygen atoms in total. The molecule has 0 spiro atoms. The van der Waals surface area contributed by atoms with Gasteiger partial charge in [0.05, 0.1) is 11.4 Å². The van der Waals surface area contributed by atoms with Crippen LogP contribution in [0.1, 0.15) is 44.0 Å². The van der Waals surface area contributed by atoms with Crippen molar-refractivity contribution in [3.63, 3.8) is 0 Å². The predicted molar refractivity (Wildman–Crippen MR) is 67.8 cm³/mol. The molecule has 0 aliphatic heterocycles. The molecule has 0 aliphatic carbocycles. The first-order valence-corrected chi connectivity index (χ1v) is 6.65. The fraction of sp³-hybridized carbons (Fsp3) is 0.750. The fourth-order valence-electron chi connectivity index (χ4n) is 1.43. The summed E-state index contributed by atoms with van der Waals surface area (Å²) in [6.45, 7) is 8.17. The van der Waals surface area contributed by atoms with Crippen molar-refractivity contribution in [1.82, 2.24) is 10.3 Å². The first-order valence-electron chi connectivity index (χ1n) is 5.83. The van der Waals surface area contributed by atoms with E-state index in [4.69, 9.17) is 0 Å². The quantitative estimate of drug-likeness (QED) is 0.905. The van der Waals surface area contributed by atoms with Crippen LogP contribution in [-0.2, 0) is 12.0 Å². The lowest BCUT2D eigenvalue weighted by atomic mass is 9.98. The standard InChI is InChI=1S/C12H19F3N2S/c1-8(5-12(13,14)15)16-6-9-7-17-10(18-9)11(2,3)4/h7-8,16H,5-6H2,1-4H3. The van der Waals surface area contributed by atoms with Crippen molar-refractivity contribution in [3.05, 3.63) is 16.1 Å². The molecule has 0 saturated carbocycles. The first-order chi connectivity index (χ1) is 8.08. The summed E-state index contributed by atoms with van der Waals surface area (Å²) in [5.74, 6) is 0.